The van der Waals surface area contributed by atoms with E-state index in [0.29, 0.717) is 11.0 Å². The molecule has 0 aliphatic heterocycles. The monoisotopic (exact) mass is 446 g/mol. The molecular formula is C22H22N8OS. The molecular weight excluding hydrogens is 424 g/mol. The maximum atomic E-state index is 12.4. The van der Waals surface area contributed by atoms with Gasteiger partial charge in [-0.25, -0.2) is 5.43 Å². The van der Waals surface area contributed by atoms with Gasteiger partial charge >= 0.3 is 0 Å². The van der Waals surface area contributed by atoms with Crippen LogP contribution in [0.25, 0.3) is 17.1 Å². The summed E-state index contributed by atoms with van der Waals surface area (Å²) < 4.78 is 3.70. The van der Waals surface area contributed by atoms with Gasteiger partial charge in [0.25, 0.3) is 5.91 Å². The van der Waals surface area contributed by atoms with Crippen molar-refractivity contribution in [2.75, 3.05) is 5.75 Å². The van der Waals surface area contributed by atoms with Crippen LogP contribution in [0.3, 0.4) is 0 Å². The zero-order valence-corrected chi connectivity index (χ0v) is 18.7. The molecule has 32 heavy (non-hydrogen) atoms. The van der Waals surface area contributed by atoms with Crippen LogP contribution >= 0.6 is 11.8 Å². The highest BCUT2D eigenvalue weighted by molar-refractivity contribution is 7.99. The highest BCUT2D eigenvalue weighted by atomic mass is 32.2. The molecule has 0 atom stereocenters. The number of aryl methyl sites for hydroxylation is 2. The maximum Gasteiger partial charge on any atom is 0.250 e. The van der Waals surface area contributed by atoms with Gasteiger partial charge in [0, 0.05) is 41.9 Å². The lowest BCUT2D eigenvalue weighted by atomic mass is 10.2. The molecule has 4 rings (SSSR count). The second-order valence-electron chi connectivity index (χ2n) is 7.01. The number of hydrogen-bond donors (Lipinski definition) is 1. The number of para-hydroxylation sites is 1. The number of hydrazone groups is 1. The molecule has 10 heteroatoms. The van der Waals surface area contributed by atoms with E-state index in [4.69, 9.17) is 0 Å². The molecule has 1 N–H and O–H groups in total. The van der Waals surface area contributed by atoms with Gasteiger partial charge in [-0.05, 0) is 38.1 Å². The number of pyridine rings is 1. The maximum absolute atomic E-state index is 12.4. The highest BCUT2D eigenvalue weighted by Crippen LogP contribution is 2.27. The van der Waals surface area contributed by atoms with E-state index in [2.05, 4.69) is 30.8 Å². The Morgan fingerprint density at radius 3 is 2.66 bits per heavy atom. The Balaban J connectivity index is 1.49. The normalized spacial score (nSPS) is 11.2. The summed E-state index contributed by atoms with van der Waals surface area (Å²) in [5.41, 5.74) is 7.04. The first-order valence-electron chi connectivity index (χ1n) is 9.90. The quantitative estimate of drug-likeness (QED) is 0.266. The first-order chi connectivity index (χ1) is 15.5. The van der Waals surface area contributed by atoms with Crippen LogP contribution in [-0.2, 0) is 11.8 Å². The fourth-order valence-corrected chi connectivity index (χ4v) is 3.91. The molecule has 162 valence electrons. The third-order valence-electron chi connectivity index (χ3n) is 4.85. The molecule has 1 aromatic carbocycles. The molecule has 0 spiro atoms. The lowest BCUT2D eigenvalue weighted by molar-refractivity contribution is -0.118. The average molecular weight is 447 g/mol. The number of nitrogens with one attached hydrogen (secondary N) is 1. The first kappa shape index (κ1) is 21.4. The molecule has 3 aromatic heterocycles. The average Bonchev–Trinajstić information content (AvgIpc) is 3.34. The van der Waals surface area contributed by atoms with Crippen LogP contribution in [0.2, 0.25) is 0 Å². The number of amides is 1. The second kappa shape index (κ2) is 9.56. The SMILES string of the molecule is Cc1nn(C)c(C)c1/C=N/NC(=O)CSc1nnc(-c2cccnc2)n1-c1ccccc1. The fraction of sp³-hybridized carbons (Fsp3) is 0.182. The second-order valence-corrected chi connectivity index (χ2v) is 7.95. The van der Waals surface area contributed by atoms with Gasteiger partial charge in [0.05, 0.1) is 17.7 Å². The summed E-state index contributed by atoms with van der Waals surface area (Å²) in [6.07, 6.45) is 5.07. The molecule has 0 bridgehead atoms. The zero-order valence-electron chi connectivity index (χ0n) is 17.9. The van der Waals surface area contributed by atoms with E-state index in [9.17, 15) is 4.79 Å². The van der Waals surface area contributed by atoms with Crippen LogP contribution in [0.1, 0.15) is 17.0 Å². The van der Waals surface area contributed by atoms with Crippen molar-refractivity contribution in [2.45, 2.75) is 19.0 Å². The van der Waals surface area contributed by atoms with E-state index < -0.39 is 0 Å². The third kappa shape index (κ3) is 4.59. The summed E-state index contributed by atoms with van der Waals surface area (Å²) in [5, 5.41) is 17.7. The van der Waals surface area contributed by atoms with Gasteiger partial charge in [0.1, 0.15) is 0 Å². The van der Waals surface area contributed by atoms with Crippen molar-refractivity contribution >= 4 is 23.9 Å². The van der Waals surface area contributed by atoms with Crippen molar-refractivity contribution in [3.8, 4) is 17.1 Å². The predicted molar refractivity (Wildman–Crippen MR) is 124 cm³/mol. The Kier molecular flexibility index (Phi) is 6.41. The van der Waals surface area contributed by atoms with Crippen molar-refractivity contribution in [1.29, 1.82) is 0 Å². The number of benzene rings is 1. The van der Waals surface area contributed by atoms with Gasteiger partial charge in [-0.2, -0.15) is 10.2 Å². The van der Waals surface area contributed by atoms with E-state index in [-0.39, 0.29) is 11.7 Å². The Labute approximate surface area is 189 Å². The lowest BCUT2D eigenvalue weighted by Gasteiger charge is -2.09. The minimum Gasteiger partial charge on any atom is -0.272 e. The van der Waals surface area contributed by atoms with Crippen LogP contribution in [0.4, 0.5) is 0 Å². The van der Waals surface area contributed by atoms with Crippen molar-refractivity contribution in [1.82, 2.24) is 35.0 Å². The summed E-state index contributed by atoms with van der Waals surface area (Å²) in [6.45, 7) is 3.86. The number of thioether (sulfide) groups is 1. The Hall–Kier alpha value is -3.79. The number of rotatable bonds is 7. The molecule has 0 aliphatic rings. The Bertz CT molecular complexity index is 1250. The fourth-order valence-electron chi connectivity index (χ4n) is 3.16. The first-order valence-corrected chi connectivity index (χ1v) is 10.9. The third-order valence-corrected chi connectivity index (χ3v) is 5.78. The molecule has 9 nitrogen and oxygen atoms in total. The molecule has 4 aromatic rings. The van der Waals surface area contributed by atoms with Crippen LogP contribution in [0.5, 0.6) is 0 Å². The van der Waals surface area contributed by atoms with Crippen molar-refractivity contribution < 1.29 is 4.79 Å². The topological polar surface area (TPSA) is 103 Å². The van der Waals surface area contributed by atoms with Crippen LogP contribution in [0, 0.1) is 13.8 Å². The minimum atomic E-state index is -0.240. The molecule has 0 aliphatic carbocycles. The standard InChI is InChI=1S/C22H22N8OS/c1-15-19(16(2)29(3)28-15)13-24-25-20(31)14-32-22-27-26-21(17-8-7-11-23-12-17)30(22)18-9-5-4-6-10-18/h4-13H,14H2,1-3H3,(H,25,31)/b24-13+. The smallest absolute Gasteiger partial charge is 0.250 e. The molecule has 0 saturated carbocycles. The van der Waals surface area contributed by atoms with Gasteiger partial charge in [0.2, 0.25) is 0 Å². The molecule has 0 saturated heterocycles. The van der Waals surface area contributed by atoms with Crippen LogP contribution < -0.4 is 5.43 Å². The molecule has 0 radical (unpaired) electrons. The lowest BCUT2D eigenvalue weighted by Crippen LogP contribution is -2.20. The number of carbonyl (C=O) groups excluding carboxylic acids is 1. The van der Waals surface area contributed by atoms with E-state index in [1.807, 2.05) is 67.9 Å². The summed E-state index contributed by atoms with van der Waals surface area (Å²) in [7, 11) is 1.87. The zero-order chi connectivity index (χ0) is 22.5. The van der Waals surface area contributed by atoms with Crippen LogP contribution in [-0.4, -0.2) is 47.4 Å². The van der Waals surface area contributed by atoms with E-state index in [1.165, 1.54) is 11.8 Å². The number of aromatic nitrogens is 6. The Morgan fingerprint density at radius 2 is 1.97 bits per heavy atom. The predicted octanol–water partition coefficient (Wildman–Crippen LogP) is 2.92. The minimum absolute atomic E-state index is 0.139. The van der Waals surface area contributed by atoms with E-state index in [0.717, 1.165) is 28.2 Å². The Morgan fingerprint density at radius 1 is 1.16 bits per heavy atom. The van der Waals surface area contributed by atoms with E-state index in [1.54, 1.807) is 23.3 Å². The largest absolute Gasteiger partial charge is 0.272 e. The van der Waals surface area contributed by atoms with Gasteiger partial charge in [-0.15, -0.1) is 10.2 Å². The molecule has 1 amide bonds. The summed E-state index contributed by atoms with van der Waals surface area (Å²) >= 11 is 1.29. The van der Waals surface area contributed by atoms with Gasteiger partial charge in [-0.3, -0.25) is 19.0 Å². The van der Waals surface area contributed by atoms with Crippen molar-refractivity contribution in [3.63, 3.8) is 0 Å². The number of carbonyl (C=O) groups is 1. The van der Waals surface area contributed by atoms with Crippen LogP contribution in [0.15, 0.2) is 65.1 Å². The van der Waals surface area contributed by atoms with Gasteiger partial charge in [-0.1, -0.05) is 30.0 Å². The molecule has 0 fully saturated rings. The summed E-state index contributed by atoms with van der Waals surface area (Å²) in [6, 6.07) is 13.5. The van der Waals surface area contributed by atoms with E-state index >= 15 is 0 Å². The summed E-state index contributed by atoms with van der Waals surface area (Å²) in [5.74, 6) is 0.559. The van der Waals surface area contributed by atoms with Gasteiger partial charge < -0.3 is 0 Å². The highest BCUT2D eigenvalue weighted by Gasteiger charge is 2.17. The van der Waals surface area contributed by atoms with Crippen molar-refractivity contribution in [2.24, 2.45) is 12.1 Å². The number of nitrogens with zero attached hydrogens (tertiary/aromatic N) is 7. The van der Waals surface area contributed by atoms with Crippen molar-refractivity contribution in [3.05, 3.63) is 71.8 Å². The molecule has 0 unspecified atom stereocenters. The summed E-state index contributed by atoms with van der Waals surface area (Å²) in [4.78, 5) is 16.6. The van der Waals surface area contributed by atoms with Gasteiger partial charge in [0.15, 0.2) is 11.0 Å². The molecule has 3 heterocycles. The number of hydrogen-bond acceptors (Lipinski definition) is 7.